The number of nitriles is 1. The van der Waals surface area contributed by atoms with Crippen molar-refractivity contribution in [3.05, 3.63) is 88.5 Å². The number of hydrogen-bond donors (Lipinski definition) is 0. The molecule has 0 aliphatic heterocycles. The van der Waals surface area contributed by atoms with Crippen LogP contribution in [0.3, 0.4) is 0 Å². The first-order chi connectivity index (χ1) is 12.5. The highest BCUT2D eigenvalue weighted by molar-refractivity contribution is 5.91. The lowest BCUT2D eigenvalue weighted by Crippen LogP contribution is -2.08. The summed E-state index contributed by atoms with van der Waals surface area (Å²) in [6.07, 6.45) is 0. The minimum atomic E-state index is -0.459. The van der Waals surface area contributed by atoms with E-state index in [-0.39, 0.29) is 12.4 Å². The normalized spacial score (nSPS) is 10.4. The molecule has 0 aliphatic carbocycles. The van der Waals surface area contributed by atoms with Gasteiger partial charge >= 0.3 is 5.97 Å². The van der Waals surface area contributed by atoms with Crippen molar-refractivity contribution in [3.63, 3.8) is 0 Å². The zero-order valence-electron chi connectivity index (χ0n) is 14.5. The lowest BCUT2D eigenvalue weighted by molar-refractivity contribution is 0.0471. The molecule has 26 heavy (non-hydrogen) atoms. The van der Waals surface area contributed by atoms with E-state index in [9.17, 15) is 9.18 Å². The number of carbonyl (C=O) groups is 1. The van der Waals surface area contributed by atoms with Crippen LogP contribution in [0.1, 0.15) is 32.9 Å². The monoisotopic (exact) mass is 348 g/mol. The van der Waals surface area contributed by atoms with Crippen LogP contribution in [0.2, 0.25) is 0 Å². The molecule has 4 nitrogen and oxygen atoms in total. The van der Waals surface area contributed by atoms with Gasteiger partial charge in [-0.05, 0) is 50.2 Å². The Hall–Kier alpha value is -3.39. The van der Waals surface area contributed by atoms with Gasteiger partial charge in [-0.25, -0.2) is 9.18 Å². The Morgan fingerprint density at radius 1 is 1.15 bits per heavy atom. The SMILES string of the molecule is Cc1cc(C(=O)OCc2ccccc2C#N)c(C)n1-c1ccc(F)cc1. The van der Waals surface area contributed by atoms with Gasteiger partial charge in [0.15, 0.2) is 0 Å². The van der Waals surface area contributed by atoms with Gasteiger partial charge in [0.05, 0.1) is 17.2 Å². The third-order valence-corrected chi connectivity index (χ3v) is 4.23. The van der Waals surface area contributed by atoms with Crippen LogP contribution in [0, 0.1) is 31.0 Å². The fourth-order valence-electron chi connectivity index (χ4n) is 2.93. The van der Waals surface area contributed by atoms with Crippen LogP contribution in [0.25, 0.3) is 5.69 Å². The number of carbonyl (C=O) groups excluding carboxylic acids is 1. The summed E-state index contributed by atoms with van der Waals surface area (Å²) in [5, 5.41) is 9.11. The average molecular weight is 348 g/mol. The molecule has 1 heterocycles. The molecule has 0 bridgehead atoms. The maximum atomic E-state index is 13.2. The predicted molar refractivity (Wildman–Crippen MR) is 95.5 cm³/mol. The zero-order chi connectivity index (χ0) is 18.7. The molecule has 3 aromatic rings. The van der Waals surface area contributed by atoms with Gasteiger partial charge in [0, 0.05) is 22.6 Å². The first-order valence-corrected chi connectivity index (χ1v) is 8.11. The molecule has 2 aromatic carbocycles. The number of ether oxygens (including phenoxy) is 1. The summed E-state index contributed by atoms with van der Waals surface area (Å²) in [5.74, 6) is -0.772. The fraction of sp³-hybridized carbons (Fsp3) is 0.143. The Bertz CT molecular complexity index is 998. The number of benzene rings is 2. The quantitative estimate of drug-likeness (QED) is 0.654. The van der Waals surface area contributed by atoms with Gasteiger partial charge < -0.3 is 9.30 Å². The van der Waals surface area contributed by atoms with Crippen molar-refractivity contribution in [3.8, 4) is 11.8 Å². The number of hydrogen-bond acceptors (Lipinski definition) is 3. The fourth-order valence-corrected chi connectivity index (χ4v) is 2.93. The Balaban J connectivity index is 1.84. The van der Waals surface area contributed by atoms with Gasteiger partial charge in [-0.2, -0.15) is 5.26 Å². The molecule has 3 rings (SSSR count). The van der Waals surface area contributed by atoms with Crippen LogP contribution >= 0.6 is 0 Å². The molecule has 1 aromatic heterocycles. The number of aryl methyl sites for hydroxylation is 1. The van der Waals surface area contributed by atoms with Gasteiger partial charge in [0.2, 0.25) is 0 Å². The van der Waals surface area contributed by atoms with Crippen LogP contribution < -0.4 is 0 Å². The van der Waals surface area contributed by atoms with Crippen LogP contribution in [0.15, 0.2) is 54.6 Å². The van der Waals surface area contributed by atoms with E-state index in [4.69, 9.17) is 10.00 Å². The molecule has 0 saturated carbocycles. The second kappa shape index (κ2) is 7.24. The van der Waals surface area contributed by atoms with Crippen molar-refractivity contribution in [2.24, 2.45) is 0 Å². The molecule has 0 N–H and O–H groups in total. The van der Waals surface area contributed by atoms with Gasteiger partial charge in [0.25, 0.3) is 0 Å². The second-order valence-electron chi connectivity index (χ2n) is 5.94. The first-order valence-electron chi connectivity index (χ1n) is 8.11. The van der Waals surface area contributed by atoms with E-state index < -0.39 is 5.97 Å². The summed E-state index contributed by atoms with van der Waals surface area (Å²) in [6, 6.07) is 16.9. The molecule has 0 unspecified atom stereocenters. The molecule has 0 spiro atoms. The summed E-state index contributed by atoms with van der Waals surface area (Å²) < 4.78 is 20.4. The van der Waals surface area contributed by atoms with Crippen molar-refractivity contribution in [1.29, 1.82) is 5.26 Å². The number of aromatic nitrogens is 1. The first kappa shape index (κ1) is 17.4. The molecule has 0 radical (unpaired) electrons. The lowest BCUT2D eigenvalue weighted by Gasteiger charge is -2.10. The Morgan fingerprint density at radius 2 is 1.85 bits per heavy atom. The molecule has 0 amide bonds. The Labute approximate surface area is 151 Å². The molecule has 0 aliphatic rings. The van der Waals surface area contributed by atoms with E-state index in [1.54, 1.807) is 42.5 Å². The summed E-state index contributed by atoms with van der Waals surface area (Å²) in [7, 11) is 0. The van der Waals surface area contributed by atoms with E-state index in [2.05, 4.69) is 6.07 Å². The van der Waals surface area contributed by atoms with Gasteiger partial charge in [-0.15, -0.1) is 0 Å². The standard InChI is InChI=1S/C21H17FN2O2/c1-14-11-20(15(2)24(14)19-9-7-18(22)8-10-19)21(25)26-13-17-6-4-3-5-16(17)12-23/h3-11H,13H2,1-2H3. The van der Waals surface area contributed by atoms with Crippen LogP contribution in [0.5, 0.6) is 0 Å². The summed E-state index contributed by atoms with van der Waals surface area (Å²) in [6.45, 7) is 3.72. The molecule has 0 atom stereocenters. The Morgan fingerprint density at radius 3 is 2.54 bits per heavy atom. The van der Waals surface area contributed by atoms with Crippen molar-refractivity contribution >= 4 is 5.97 Å². The summed E-state index contributed by atoms with van der Waals surface area (Å²) >= 11 is 0. The van der Waals surface area contributed by atoms with Crippen LogP contribution in [-0.2, 0) is 11.3 Å². The molecular weight excluding hydrogens is 331 g/mol. The minimum Gasteiger partial charge on any atom is -0.457 e. The highest BCUT2D eigenvalue weighted by Gasteiger charge is 2.18. The highest BCUT2D eigenvalue weighted by atomic mass is 19.1. The highest BCUT2D eigenvalue weighted by Crippen LogP contribution is 2.22. The summed E-state index contributed by atoms with van der Waals surface area (Å²) in [4.78, 5) is 12.5. The number of esters is 1. The lowest BCUT2D eigenvalue weighted by atomic mass is 10.1. The van der Waals surface area contributed by atoms with Gasteiger partial charge in [-0.1, -0.05) is 18.2 Å². The zero-order valence-corrected chi connectivity index (χ0v) is 14.5. The smallest absolute Gasteiger partial charge is 0.340 e. The van der Waals surface area contributed by atoms with Crippen molar-refractivity contribution < 1.29 is 13.9 Å². The van der Waals surface area contributed by atoms with E-state index in [0.717, 1.165) is 11.4 Å². The van der Waals surface area contributed by atoms with Crippen LogP contribution in [-0.4, -0.2) is 10.5 Å². The van der Waals surface area contributed by atoms with Gasteiger partial charge in [0.1, 0.15) is 12.4 Å². The maximum Gasteiger partial charge on any atom is 0.340 e. The third kappa shape index (κ3) is 3.35. The second-order valence-corrected chi connectivity index (χ2v) is 5.94. The van der Waals surface area contributed by atoms with E-state index >= 15 is 0 Å². The van der Waals surface area contributed by atoms with Crippen molar-refractivity contribution in [2.75, 3.05) is 0 Å². The number of halogens is 1. The maximum absolute atomic E-state index is 13.2. The average Bonchev–Trinajstić information content (AvgIpc) is 2.95. The van der Waals surface area contributed by atoms with Crippen LogP contribution in [0.4, 0.5) is 4.39 Å². The molecule has 0 fully saturated rings. The van der Waals surface area contributed by atoms with Crippen molar-refractivity contribution in [1.82, 2.24) is 4.57 Å². The van der Waals surface area contributed by atoms with Gasteiger partial charge in [-0.3, -0.25) is 0 Å². The van der Waals surface area contributed by atoms with E-state index in [1.807, 2.05) is 18.4 Å². The van der Waals surface area contributed by atoms with E-state index in [0.29, 0.717) is 22.4 Å². The number of nitrogens with zero attached hydrogens (tertiary/aromatic N) is 2. The number of rotatable bonds is 4. The molecule has 5 heteroatoms. The molecule has 0 saturated heterocycles. The molecular formula is C21H17FN2O2. The third-order valence-electron chi connectivity index (χ3n) is 4.23. The van der Waals surface area contributed by atoms with Crippen molar-refractivity contribution in [2.45, 2.75) is 20.5 Å². The largest absolute Gasteiger partial charge is 0.457 e. The Kier molecular flexibility index (Phi) is 4.85. The molecule has 130 valence electrons. The predicted octanol–water partition coefficient (Wildman–Crippen LogP) is 4.46. The topological polar surface area (TPSA) is 55.0 Å². The van der Waals surface area contributed by atoms with E-state index in [1.165, 1.54) is 12.1 Å². The summed E-state index contributed by atoms with van der Waals surface area (Å²) in [5.41, 5.74) is 3.93. The minimum absolute atomic E-state index is 0.0305.